The molecule has 0 aliphatic rings. The molecule has 1 unspecified atom stereocenters. The summed E-state index contributed by atoms with van der Waals surface area (Å²) >= 11 is 0. The summed E-state index contributed by atoms with van der Waals surface area (Å²) in [6.45, 7) is 8.80. The number of hydrogen-bond donors (Lipinski definition) is 0. The smallest absolute Gasteiger partial charge is 0.0521 e. The minimum Gasteiger partial charge on any atom is -0.267 e. The van der Waals surface area contributed by atoms with Gasteiger partial charge in [0.15, 0.2) is 0 Å². The predicted octanol–water partition coefficient (Wildman–Crippen LogP) is 3.49. The molecule has 1 aromatic carbocycles. The summed E-state index contributed by atoms with van der Waals surface area (Å²) in [4.78, 5) is 0. The zero-order chi connectivity index (χ0) is 13.8. The highest BCUT2D eigenvalue weighted by molar-refractivity contribution is 7.46. The molecule has 1 heterocycles. The van der Waals surface area contributed by atoms with Crippen LogP contribution in [-0.2, 0) is 12.8 Å². The van der Waals surface area contributed by atoms with Crippen LogP contribution in [0.25, 0.3) is 0 Å². The first-order valence-corrected chi connectivity index (χ1v) is 8.42. The van der Waals surface area contributed by atoms with E-state index in [0.717, 1.165) is 21.4 Å². The van der Waals surface area contributed by atoms with Gasteiger partial charge in [0.2, 0.25) is 0 Å². The molecule has 0 fully saturated rings. The van der Waals surface area contributed by atoms with E-state index in [-0.39, 0.29) is 0 Å². The molecule has 0 N–H and O–H groups in total. The Morgan fingerprint density at radius 1 is 1.21 bits per heavy atom. The lowest BCUT2D eigenvalue weighted by molar-refractivity contribution is 0.507. The van der Waals surface area contributed by atoms with Crippen LogP contribution in [0.3, 0.4) is 0 Å². The molecule has 0 aliphatic heterocycles. The monoisotopic (exact) mass is 274 g/mol. The number of aryl methyl sites for hydroxylation is 2. The highest BCUT2D eigenvalue weighted by Gasteiger charge is 2.10. The highest BCUT2D eigenvalue weighted by Crippen LogP contribution is 2.17. The molecule has 0 saturated heterocycles. The second kappa shape index (κ2) is 6.34. The number of benzene rings is 1. The molecule has 0 amide bonds. The van der Waals surface area contributed by atoms with Crippen molar-refractivity contribution in [3.05, 3.63) is 47.3 Å². The minimum absolute atomic E-state index is 0.437. The number of aromatic nitrogens is 2. The summed E-state index contributed by atoms with van der Waals surface area (Å²) in [5, 5.41) is 5.98. The van der Waals surface area contributed by atoms with E-state index < -0.39 is 0 Å². The van der Waals surface area contributed by atoms with Crippen molar-refractivity contribution in [2.24, 2.45) is 0 Å². The maximum atomic E-state index is 4.49. The molecule has 2 nitrogen and oxygen atoms in total. The normalized spacial score (nSPS) is 11.8. The fourth-order valence-corrected chi connectivity index (χ4v) is 3.26. The van der Waals surface area contributed by atoms with Crippen LogP contribution in [0.1, 0.15) is 36.7 Å². The van der Waals surface area contributed by atoms with Crippen LogP contribution in [0, 0.1) is 6.92 Å². The second-order valence-corrected chi connectivity index (χ2v) is 6.26. The maximum Gasteiger partial charge on any atom is 0.0521 e. The standard InChI is InChI=1S/C16H23N2P/c1-12(2)18-15(13(3)11-17-18)10-9-14-7-5-6-8-16(14)19-4/h5-8,11-12,19H,9-10H2,1-4H3. The van der Waals surface area contributed by atoms with Gasteiger partial charge in [-0.3, -0.25) is 4.68 Å². The Bertz CT molecular complexity index is 543. The van der Waals surface area contributed by atoms with Crippen LogP contribution >= 0.6 is 8.58 Å². The molecular weight excluding hydrogens is 251 g/mol. The first kappa shape index (κ1) is 14.3. The summed E-state index contributed by atoms with van der Waals surface area (Å²) in [5.74, 6) is 0. The summed E-state index contributed by atoms with van der Waals surface area (Å²) in [5.41, 5.74) is 4.17. The average Bonchev–Trinajstić information content (AvgIpc) is 2.78. The number of rotatable bonds is 5. The third-order valence-electron chi connectivity index (χ3n) is 3.51. The molecule has 0 saturated carbocycles. The van der Waals surface area contributed by atoms with Gasteiger partial charge >= 0.3 is 0 Å². The highest BCUT2D eigenvalue weighted by atomic mass is 31.1. The lowest BCUT2D eigenvalue weighted by Crippen LogP contribution is -2.11. The van der Waals surface area contributed by atoms with Crippen molar-refractivity contribution < 1.29 is 0 Å². The zero-order valence-corrected chi connectivity index (χ0v) is 13.3. The van der Waals surface area contributed by atoms with Gasteiger partial charge in [0.1, 0.15) is 0 Å². The van der Waals surface area contributed by atoms with Crippen molar-refractivity contribution in [1.82, 2.24) is 9.78 Å². The minimum atomic E-state index is 0.437. The van der Waals surface area contributed by atoms with E-state index in [0.29, 0.717) is 6.04 Å². The Labute approximate surface area is 118 Å². The van der Waals surface area contributed by atoms with E-state index in [1.165, 1.54) is 22.1 Å². The molecule has 2 aromatic rings. The zero-order valence-electron chi connectivity index (χ0n) is 12.3. The third-order valence-corrected chi connectivity index (χ3v) is 4.54. The maximum absolute atomic E-state index is 4.49. The van der Waals surface area contributed by atoms with Crippen molar-refractivity contribution >= 4 is 13.9 Å². The van der Waals surface area contributed by atoms with Gasteiger partial charge in [-0.25, -0.2) is 0 Å². The molecule has 0 spiro atoms. The first-order chi connectivity index (χ1) is 9.13. The van der Waals surface area contributed by atoms with Crippen LogP contribution in [0.2, 0.25) is 0 Å². The lowest BCUT2D eigenvalue weighted by atomic mass is 10.1. The topological polar surface area (TPSA) is 17.8 Å². The molecule has 0 bridgehead atoms. The number of hydrogen-bond acceptors (Lipinski definition) is 1. The van der Waals surface area contributed by atoms with Crippen molar-refractivity contribution in [2.75, 3.05) is 6.66 Å². The van der Waals surface area contributed by atoms with Gasteiger partial charge in [-0.1, -0.05) is 32.8 Å². The van der Waals surface area contributed by atoms with E-state index in [1.807, 2.05) is 6.20 Å². The van der Waals surface area contributed by atoms with Gasteiger partial charge in [0.05, 0.1) is 6.20 Å². The van der Waals surface area contributed by atoms with E-state index >= 15 is 0 Å². The molecule has 1 aromatic heterocycles. The van der Waals surface area contributed by atoms with E-state index in [4.69, 9.17) is 0 Å². The molecule has 1 atom stereocenters. The van der Waals surface area contributed by atoms with E-state index in [9.17, 15) is 0 Å². The van der Waals surface area contributed by atoms with E-state index in [1.54, 1.807) is 0 Å². The average molecular weight is 274 g/mol. The van der Waals surface area contributed by atoms with Gasteiger partial charge in [-0.2, -0.15) is 5.10 Å². The molecule has 2 rings (SSSR count). The van der Waals surface area contributed by atoms with Crippen molar-refractivity contribution in [2.45, 2.75) is 39.7 Å². The van der Waals surface area contributed by atoms with Crippen LogP contribution in [0.4, 0.5) is 0 Å². The van der Waals surface area contributed by atoms with Gasteiger partial charge in [-0.05, 0) is 56.7 Å². The Morgan fingerprint density at radius 2 is 1.95 bits per heavy atom. The molecular formula is C16H23N2P. The summed E-state index contributed by atoms with van der Waals surface area (Å²) < 4.78 is 2.16. The largest absolute Gasteiger partial charge is 0.267 e. The predicted molar refractivity (Wildman–Crippen MR) is 85.1 cm³/mol. The van der Waals surface area contributed by atoms with Crippen LogP contribution in [0.15, 0.2) is 30.5 Å². The van der Waals surface area contributed by atoms with Crippen molar-refractivity contribution in [1.29, 1.82) is 0 Å². The Balaban J connectivity index is 2.17. The molecule has 19 heavy (non-hydrogen) atoms. The third kappa shape index (κ3) is 3.25. The van der Waals surface area contributed by atoms with Crippen molar-refractivity contribution in [3.63, 3.8) is 0 Å². The van der Waals surface area contributed by atoms with E-state index in [2.05, 4.69) is 61.5 Å². The van der Waals surface area contributed by atoms with Crippen molar-refractivity contribution in [3.8, 4) is 0 Å². The first-order valence-electron chi connectivity index (χ1n) is 6.92. The van der Waals surface area contributed by atoms with Crippen LogP contribution in [0.5, 0.6) is 0 Å². The Kier molecular flexibility index (Phi) is 4.76. The summed E-state index contributed by atoms with van der Waals surface area (Å²) in [6.07, 6.45) is 4.17. The van der Waals surface area contributed by atoms with Gasteiger partial charge < -0.3 is 0 Å². The van der Waals surface area contributed by atoms with Gasteiger partial charge in [0, 0.05) is 11.7 Å². The molecule has 102 valence electrons. The summed E-state index contributed by atoms with van der Waals surface area (Å²) in [7, 11) is 0.871. The SMILES string of the molecule is CPc1ccccc1CCc1c(C)cnn1C(C)C. The van der Waals surface area contributed by atoms with Crippen LogP contribution in [-0.4, -0.2) is 16.4 Å². The quantitative estimate of drug-likeness (QED) is 0.763. The fraction of sp³-hybridized carbons (Fsp3) is 0.438. The Hall–Kier alpha value is -1.14. The number of nitrogens with zero attached hydrogens (tertiary/aromatic N) is 2. The Morgan fingerprint density at radius 3 is 2.63 bits per heavy atom. The second-order valence-electron chi connectivity index (χ2n) is 5.22. The lowest BCUT2D eigenvalue weighted by Gasteiger charge is -2.13. The van der Waals surface area contributed by atoms with Gasteiger partial charge in [-0.15, -0.1) is 0 Å². The molecule has 3 heteroatoms. The molecule has 0 aliphatic carbocycles. The molecule has 0 radical (unpaired) electrons. The summed E-state index contributed by atoms with van der Waals surface area (Å²) in [6, 6.07) is 9.23. The van der Waals surface area contributed by atoms with Gasteiger partial charge in [0.25, 0.3) is 0 Å². The fourth-order valence-electron chi connectivity index (χ4n) is 2.47. The van der Waals surface area contributed by atoms with Crippen LogP contribution < -0.4 is 5.30 Å².